The van der Waals surface area contributed by atoms with Crippen molar-refractivity contribution in [1.29, 1.82) is 0 Å². The van der Waals surface area contributed by atoms with E-state index in [4.69, 9.17) is 9.47 Å². The third-order valence-electron chi connectivity index (χ3n) is 3.87. The average molecular weight is 304 g/mol. The van der Waals surface area contributed by atoms with Crippen LogP contribution in [0, 0.1) is 5.92 Å². The maximum absolute atomic E-state index is 12.1. The number of ketones is 1. The zero-order valence-electron chi connectivity index (χ0n) is 13.3. The standard InChI is InChI=1S/C18H24O4/c1-13(2)22-18(20)15-8-10-16(11-9-15)21-12-17(19)14-6-4-3-5-7-14/h8-11,13-14H,3-7,12H2,1-2H3. The van der Waals surface area contributed by atoms with Gasteiger partial charge in [-0.05, 0) is 51.0 Å². The predicted molar refractivity (Wildman–Crippen MR) is 84.1 cm³/mol. The average Bonchev–Trinajstić information content (AvgIpc) is 2.53. The largest absolute Gasteiger partial charge is 0.486 e. The number of Topliss-reactive ketones (excluding diaryl/α,β-unsaturated/α-hetero) is 1. The van der Waals surface area contributed by atoms with E-state index in [-0.39, 0.29) is 30.4 Å². The Bertz CT molecular complexity index is 498. The highest BCUT2D eigenvalue weighted by molar-refractivity contribution is 5.89. The van der Waals surface area contributed by atoms with E-state index in [1.165, 1.54) is 6.42 Å². The zero-order chi connectivity index (χ0) is 15.9. The van der Waals surface area contributed by atoms with E-state index in [9.17, 15) is 9.59 Å². The number of hydrogen-bond acceptors (Lipinski definition) is 4. The number of esters is 1. The Morgan fingerprint density at radius 3 is 2.32 bits per heavy atom. The van der Waals surface area contributed by atoms with Gasteiger partial charge in [0.15, 0.2) is 5.78 Å². The lowest BCUT2D eigenvalue weighted by Gasteiger charge is -2.20. The summed E-state index contributed by atoms with van der Waals surface area (Å²) in [6.07, 6.45) is 5.35. The van der Waals surface area contributed by atoms with Crippen LogP contribution in [0.15, 0.2) is 24.3 Å². The van der Waals surface area contributed by atoms with Gasteiger partial charge in [-0.15, -0.1) is 0 Å². The molecule has 1 fully saturated rings. The Labute approximate surface area is 131 Å². The molecule has 1 aliphatic carbocycles. The lowest BCUT2D eigenvalue weighted by Crippen LogP contribution is -2.23. The summed E-state index contributed by atoms with van der Waals surface area (Å²) in [5, 5.41) is 0. The quantitative estimate of drug-likeness (QED) is 0.751. The van der Waals surface area contributed by atoms with Gasteiger partial charge in [0, 0.05) is 5.92 Å². The van der Waals surface area contributed by atoms with Crippen LogP contribution >= 0.6 is 0 Å². The predicted octanol–water partition coefficient (Wildman–Crippen LogP) is 3.78. The fourth-order valence-corrected chi connectivity index (χ4v) is 2.67. The first-order valence-electron chi connectivity index (χ1n) is 8.03. The molecule has 1 saturated carbocycles. The third kappa shape index (κ3) is 4.86. The smallest absolute Gasteiger partial charge is 0.338 e. The van der Waals surface area contributed by atoms with Crippen LogP contribution in [0.2, 0.25) is 0 Å². The van der Waals surface area contributed by atoms with E-state index in [1.54, 1.807) is 24.3 Å². The number of rotatable bonds is 6. The Balaban J connectivity index is 1.83. The summed E-state index contributed by atoms with van der Waals surface area (Å²) in [7, 11) is 0. The van der Waals surface area contributed by atoms with Crippen LogP contribution in [0.25, 0.3) is 0 Å². The molecular weight excluding hydrogens is 280 g/mol. The van der Waals surface area contributed by atoms with Gasteiger partial charge in [-0.1, -0.05) is 19.3 Å². The summed E-state index contributed by atoms with van der Waals surface area (Å²) in [5.41, 5.74) is 0.486. The van der Waals surface area contributed by atoms with E-state index in [2.05, 4.69) is 0 Å². The van der Waals surface area contributed by atoms with Gasteiger partial charge in [0.2, 0.25) is 0 Å². The summed E-state index contributed by atoms with van der Waals surface area (Å²) >= 11 is 0. The van der Waals surface area contributed by atoms with Crippen molar-refractivity contribution in [2.75, 3.05) is 6.61 Å². The molecule has 0 spiro atoms. The number of hydrogen-bond donors (Lipinski definition) is 0. The van der Waals surface area contributed by atoms with Gasteiger partial charge in [-0.2, -0.15) is 0 Å². The molecule has 0 unspecified atom stereocenters. The molecule has 0 atom stereocenters. The molecule has 0 heterocycles. The van der Waals surface area contributed by atoms with Crippen LogP contribution in [-0.2, 0) is 9.53 Å². The van der Waals surface area contributed by atoms with Gasteiger partial charge >= 0.3 is 5.97 Å². The fraction of sp³-hybridized carbons (Fsp3) is 0.556. The number of carbonyl (C=O) groups is 2. The van der Waals surface area contributed by atoms with E-state index < -0.39 is 0 Å². The van der Waals surface area contributed by atoms with E-state index >= 15 is 0 Å². The molecule has 0 aliphatic heterocycles. The minimum absolute atomic E-state index is 0.112. The van der Waals surface area contributed by atoms with Gasteiger partial charge in [0.05, 0.1) is 11.7 Å². The van der Waals surface area contributed by atoms with E-state index in [0.717, 1.165) is 25.7 Å². The summed E-state index contributed by atoms with van der Waals surface area (Å²) in [6, 6.07) is 6.71. The molecular formula is C18H24O4. The Kier molecular flexibility index (Phi) is 5.99. The Morgan fingerprint density at radius 2 is 1.73 bits per heavy atom. The maximum Gasteiger partial charge on any atom is 0.338 e. The second kappa shape index (κ2) is 7.97. The van der Waals surface area contributed by atoms with Gasteiger partial charge in [0.1, 0.15) is 12.4 Å². The van der Waals surface area contributed by atoms with E-state index in [1.807, 2.05) is 13.8 Å². The van der Waals surface area contributed by atoms with Crippen LogP contribution in [0.1, 0.15) is 56.3 Å². The highest BCUT2D eigenvalue weighted by atomic mass is 16.5. The van der Waals surface area contributed by atoms with E-state index in [0.29, 0.717) is 11.3 Å². The summed E-state index contributed by atoms with van der Waals surface area (Å²) in [6.45, 7) is 3.74. The fourth-order valence-electron chi connectivity index (χ4n) is 2.67. The minimum Gasteiger partial charge on any atom is -0.486 e. The molecule has 4 nitrogen and oxygen atoms in total. The molecule has 1 aliphatic rings. The van der Waals surface area contributed by atoms with Crippen molar-refractivity contribution in [1.82, 2.24) is 0 Å². The monoisotopic (exact) mass is 304 g/mol. The molecule has 4 heteroatoms. The second-order valence-corrected chi connectivity index (χ2v) is 6.07. The lowest BCUT2D eigenvalue weighted by atomic mass is 9.86. The van der Waals surface area contributed by atoms with Crippen molar-refractivity contribution in [2.24, 2.45) is 5.92 Å². The summed E-state index contributed by atoms with van der Waals surface area (Å²) < 4.78 is 10.7. The van der Waals surface area contributed by atoms with Crippen LogP contribution in [-0.4, -0.2) is 24.5 Å². The first kappa shape index (κ1) is 16.5. The molecule has 1 aromatic rings. The number of benzene rings is 1. The summed E-state index contributed by atoms with van der Waals surface area (Å²) in [4.78, 5) is 23.8. The zero-order valence-corrected chi connectivity index (χ0v) is 13.3. The number of carbonyl (C=O) groups excluding carboxylic acids is 2. The van der Waals surface area contributed by atoms with Gasteiger partial charge in [-0.3, -0.25) is 4.79 Å². The SMILES string of the molecule is CC(C)OC(=O)c1ccc(OCC(=O)C2CCCCC2)cc1. The lowest BCUT2D eigenvalue weighted by molar-refractivity contribution is -0.125. The van der Waals surface area contributed by atoms with Crippen molar-refractivity contribution in [3.63, 3.8) is 0 Å². The highest BCUT2D eigenvalue weighted by Crippen LogP contribution is 2.24. The van der Waals surface area contributed by atoms with Crippen molar-refractivity contribution in [2.45, 2.75) is 52.1 Å². The molecule has 1 aromatic carbocycles. The van der Waals surface area contributed by atoms with Gasteiger partial charge in [0.25, 0.3) is 0 Å². The van der Waals surface area contributed by atoms with Crippen molar-refractivity contribution in [3.05, 3.63) is 29.8 Å². The van der Waals surface area contributed by atoms with Crippen LogP contribution in [0.4, 0.5) is 0 Å². The summed E-state index contributed by atoms with van der Waals surface area (Å²) in [5.74, 6) is 0.599. The first-order valence-corrected chi connectivity index (χ1v) is 8.03. The number of ether oxygens (including phenoxy) is 2. The first-order chi connectivity index (χ1) is 10.6. The van der Waals surface area contributed by atoms with Crippen molar-refractivity contribution in [3.8, 4) is 5.75 Å². The van der Waals surface area contributed by atoms with Gasteiger partial charge in [-0.25, -0.2) is 4.79 Å². The topological polar surface area (TPSA) is 52.6 Å². The molecule has 22 heavy (non-hydrogen) atoms. The minimum atomic E-state index is -0.347. The molecule has 0 aromatic heterocycles. The van der Waals surface area contributed by atoms with Crippen molar-refractivity contribution < 1.29 is 19.1 Å². The molecule has 0 radical (unpaired) electrons. The normalized spacial score (nSPS) is 15.6. The van der Waals surface area contributed by atoms with Crippen molar-refractivity contribution >= 4 is 11.8 Å². The molecule has 0 amide bonds. The Morgan fingerprint density at radius 1 is 1.09 bits per heavy atom. The maximum atomic E-state index is 12.1. The molecule has 0 bridgehead atoms. The molecule has 0 saturated heterocycles. The Hall–Kier alpha value is -1.84. The van der Waals surface area contributed by atoms with Crippen LogP contribution < -0.4 is 4.74 Å². The van der Waals surface area contributed by atoms with Gasteiger partial charge < -0.3 is 9.47 Å². The molecule has 2 rings (SSSR count). The molecule has 120 valence electrons. The molecule has 0 N–H and O–H groups in total. The van der Waals surface area contributed by atoms with Crippen LogP contribution in [0.3, 0.4) is 0 Å². The van der Waals surface area contributed by atoms with Crippen LogP contribution in [0.5, 0.6) is 5.75 Å². The highest BCUT2D eigenvalue weighted by Gasteiger charge is 2.21. The third-order valence-corrected chi connectivity index (χ3v) is 3.87. The second-order valence-electron chi connectivity index (χ2n) is 6.07.